The van der Waals surface area contributed by atoms with E-state index in [2.05, 4.69) is 0 Å². The Morgan fingerprint density at radius 1 is 1.33 bits per heavy atom. The molecule has 1 fully saturated rings. The lowest BCUT2D eigenvalue weighted by Gasteiger charge is -2.24. The molecule has 0 bridgehead atoms. The first-order valence-electron chi connectivity index (χ1n) is 6.20. The molecule has 4 heteroatoms. The SMILES string of the molecule is CC(SC1CCOCC1)C(=O)c1ccc(Cl)cc1. The second-order valence-corrected chi connectivity index (χ2v) is 6.54. The van der Waals surface area contributed by atoms with Gasteiger partial charge in [-0.2, -0.15) is 0 Å². The summed E-state index contributed by atoms with van der Waals surface area (Å²) in [6, 6.07) is 7.12. The van der Waals surface area contributed by atoms with E-state index in [1.54, 1.807) is 36.0 Å². The number of thioether (sulfide) groups is 1. The Bertz CT molecular complexity index is 399. The van der Waals surface area contributed by atoms with Gasteiger partial charge in [0, 0.05) is 29.0 Å². The molecule has 2 nitrogen and oxygen atoms in total. The van der Waals surface area contributed by atoms with E-state index in [0.717, 1.165) is 31.6 Å². The van der Waals surface area contributed by atoms with Gasteiger partial charge in [0.05, 0.1) is 5.25 Å². The third-order valence-electron chi connectivity index (χ3n) is 3.06. The summed E-state index contributed by atoms with van der Waals surface area (Å²) in [5.41, 5.74) is 0.742. The summed E-state index contributed by atoms with van der Waals surface area (Å²) in [5.74, 6) is 0.183. The van der Waals surface area contributed by atoms with E-state index in [0.29, 0.717) is 10.3 Å². The second-order valence-electron chi connectivity index (χ2n) is 4.46. The van der Waals surface area contributed by atoms with Gasteiger partial charge in [-0.05, 0) is 44.0 Å². The zero-order chi connectivity index (χ0) is 13.0. The lowest BCUT2D eigenvalue weighted by Crippen LogP contribution is -2.23. The molecule has 18 heavy (non-hydrogen) atoms. The monoisotopic (exact) mass is 284 g/mol. The fraction of sp³-hybridized carbons (Fsp3) is 0.500. The zero-order valence-electron chi connectivity index (χ0n) is 10.4. The lowest BCUT2D eigenvalue weighted by molar-refractivity contribution is 0.0974. The number of rotatable bonds is 4. The van der Waals surface area contributed by atoms with Crippen LogP contribution < -0.4 is 0 Å². The van der Waals surface area contributed by atoms with E-state index >= 15 is 0 Å². The van der Waals surface area contributed by atoms with Gasteiger partial charge in [0.2, 0.25) is 0 Å². The minimum Gasteiger partial charge on any atom is -0.381 e. The number of Topliss-reactive ketones (excluding diaryl/α,β-unsaturated/α-hetero) is 1. The normalized spacial score (nSPS) is 18.6. The molecule has 1 aliphatic heterocycles. The van der Waals surface area contributed by atoms with Gasteiger partial charge in [-0.3, -0.25) is 4.79 Å². The average Bonchev–Trinajstić information content (AvgIpc) is 2.40. The van der Waals surface area contributed by atoms with Gasteiger partial charge in [-0.1, -0.05) is 11.6 Å². The minimum atomic E-state index is -0.00530. The molecular formula is C14H17ClO2S. The van der Waals surface area contributed by atoms with Crippen LogP contribution in [0.5, 0.6) is 0 Å². The van der Waals surface area contributed by atoms with Gasteiger partial charge in [-0.25, -0.2) is 0 Å². The molecule has 1 aliphatic rings. The Kier molecular flexibility index (Phi) is 5.10. The molecule has 98 valence electrons. The molecule has 0 amide bonds. The number of carbonyl (C=O) groups excluding carboxylic acids is 1. The minimum absolute atomic E-state index is 0.00530. The maximum absolute atomic E-state index is 12.2. The van der Waals surface area contributed by atoms with E-state index in [1.807, 2.05) is 6.92 Å². The largest absolute Gasteiger partial charge is 0.381 e. The molecule has 0 spiro atoms. The number of benzene rings is 1. The quantitative estimate of drug-likeness (QED) is 0.786. The Balaban J connectivity index is 1.93. The highest BCUT2D eigenvalue weighted by Gasteiger charge is 2.22. The van der Waals surface area contributed by atoms with Crippen molar-refractivity contribution in [2.75, 3.05) is 13.2 Å². The van der Waals surface area contributed by atoms with Crippen LogP contribution in [0.2, 0.25) is 5.02 Å². The summed E-state index contributed by atoms with van der Waals surface area (Å²) in [6.07, 6.45) is 2.09. The van der Waals surface area contributed by atoms with Crippen molar-refractivity contribution in [2.45, 2.75) is 30.3 Å². The summed E-state index contributed by atoms with van der Waals surface area (Å²) in [7, 11) is 0. The van der Waals surface area contributed by atoms with E-state index in [-0.39, 0.29) is 11.0 Å². The van der Waals surface area contributed by atoms with E-state index < -0.39 is 0 Å². The number of carbonyl (C=O) groups is 1. The van der Waals surface area contributed by atoms with Crippen molar-refractivity contribution in [3.8, 4) is 0 Å². The van der Waals surface area contributed by atoms with Crippen molar-refractivity contribution in [2.24, 2.45) is 0 Å². The third kappa shape index (κ3) is 3.74. The van der Waals surface area contributed by atoms with Crippen LogP contribution in [0.25, 0.3) is 0 Å². The molecule has 0 aliphatic carbocycles. The number of ketones is 1. The molecule has 1 heterocycles. The van der Waals surface area contributed by atoms with Crippen LogP contribution in [0, 0.1) is 0 Å². The van der Waals surface area contributed by atoms with Gasteiger partial charge in [-0.15, -0.1) is 11.8 Å². The molecule has 1 aromatic rings. The Morgan fingerprint density at radius 2 is 1.94 bits per heavy atom. The summed E-state index contributed by atoms with van der Waals surface area (Å²) < 4.78 is 5.33. The Labute approximate surface area is 117 Å². The van der Waals surface area contributed by atoms with Crippen molar-refractivity contribution in [3.05, 3.63) is 34.9 Å². The van der Waals surface area contributed by atoms with Crippen LogP contribution in [0.3, 0.4) is 0 Å². The molecule has 0 N–H and O–H groups in total. The maximum Gasteiger partial charge on any atom is 0.175 e. The molecule has 1 unspecified atom stereocenters. The Morgan fingerprint density at radius 3 is 2.56 bits per heavy atom. The van der Waals surface area contributed by atoms with Crippen LogP contribution >= 0.6 is 23.4 Å². The molecule has 0 aromatic heterocycles. The van der Waals surface area contributed by atoms with Crippen molar-refractivity contribution in [1.29, 1.82) is 0 Å². The summed E-state index contributed by atoms with van der Waals surface area (Å²) in [5, 5.41) is 1.20. The summed E-state index contributed by atoms with van der Waals surface area (Å²) in [6.45, 7) is 3.62. The highest BCUT2D eigenvalue weighted by atomic mass is 35.5. The second kappa shape index (κ2) is 6.60. The lowest BCUT2D eigenvalue weighted by atomic mass is 10.1. The number of ether oxygens (including phenoxy) is 1. The molecule has 0 radical (unpaired) electrons. The van der Waals surface area contributed by atoms with Crippen LogP contribution in [0.4, 0.5) is 0 Å². The van der Waals surface area contributed by atoms with Crippen LogP contribution in [0.1, 0.15) is 30.1 Å². The van der Waals surface area contributed by atoms with E-state index in [9.17, 15) is 4.79 Å². The fourth-order valence-electron chi connectivity index (χ4n) is 2.01. The standard InChI is InChI=1S/C14H17ClO2S/c1-10(18-13-6-8-17-9-7-13)14(16)11-2-4-12(15)5-3-11/h2-5,10,13H,6-9H2,1H3. The zero-order valence-corrected chi connectivity index (χ0v) is 12.0. The highest BCUT2D eigenvalue weighted by Crippen LogP contribution is 2.28. The molecule has 1 atom stereocenters. The predicted molar refractivity (Wildman–Crippen MR) is 76.7 cm³/mol. The van der Waals surface area contributed by atoms with Crippen molar-refractivity contribution in [3.63, 3.8) is 0 Å². The first-order chi connectivity index (χ1) is 8.66. The average molecular weight is 285 g/mol. The summed E-state index contributed by atoms with van der Waals surface area (Å²) in [4.78, 5) is 12.2. The van der Waals surface area contributed by atoms with Gasteiger partial charge < -0.3 is 4.74 Å². The predicted octanol–water partition coefficient (Wildman–Crippen LogP) is 3.82. The fourth-order valence-corrected chi connectivity index (χ4v) is 3.44. The van der Waals surface area contributed by atoms with Crippen LogP contribution in [0.15, 0.2) is 24.3 Å². The Hall–Kier alpha value is -0.510. The molecule has 1 saturated heterocycles. The number of halogens is 1. The van der Waals surface area contributed by atoms with Crippen molar-refractivity contribution >= 4 is 29.1 Å². The number of hydrogen-bond acceptors (Lipinski definition) is 3. The van der Waals surface area contributed by atoms with E-state index in [1.165, 1.54) is 0 Å². The third-order valence-corrected chi connectivity index (χ3v) is 4.79. The topological polar surface area (TPSA) is 26.3 Å². The van der Waals surface area contributed by atoms with Gasteiger partial charge in [0.15, 0.2) is 5.78 Å². The van der Waals surface area contributed by atoms with Crippen molar-refractivity contribution in [1.82, 2.24) is 0 Å². The molecular weight excluding hydrogens is 268 g/mol. The van der Waals surface area contributed by atoms with Crippen molar-refractivity contribution < 1.29 is 9.53 Å². The maximum atomic E-state index is 12.2. The summed E-state index contributed by atoms with van der Waals surface area (Å²) >= 11 is 7.59. The molecule has 1 aromatic carbocycles. The molecule has 0 saturated carbocycles. The van der Waals surface area contributed by atoms with Crippen LogP contribution in [-0.4, -0.2) is 29.5 Å². The number of hydrogen-bond donors (Lipinski definition) is 0. The van der Waals surface area contributed by atoms with E-state index in [4.69, 9.17) is 16.3 Å². The van der Waals surface area contributed by atoms with Gasteiger partial charge in [0.25, 0.3) is 0 Å². The first-order valence-corrected chi connectivity index (χ1v) is 7.52. The smallest absolute Gasteiger partial charge is 0.175 e. The molecule has 2 rings (SSSR count). The van der Waals surface area contributed by atoms with Gasteiger partial charge in [0.1, 0.15) is 0 Å². The van der Waals surface area contributed by atoms with Gasteiger partial charge >= 0.3 is 0 Å². The van der Waals surface area contributed by atoms with Crippen LogP contribution in [-0.2, 0) is 4.74 Å². The highest BCUT2D eigenvalue weighted by molar-refractivity contribution is 8.01. The first kappa shape index (κ1) is 13.9.